The first kappa shape index (κ1) is 12.7. The van der Waals surface area contributed by atoms with E-state index in [2.05, 4.69) is 11.1 Å². The maximum absolute atomic E-state index is 4.00. The third kappa shape index (κ3) is 3.54. The molecule has 0 bridgehead atoms. The SMILES string of the molecule is CC.[Y].[c-]1ccc2cnccc2c1. The van der Waals surface area contributed by atoms with Gasteiger partial charge in [0, 0.05) is 45.1 Å². The molecule has 1 nitrogen and oxygen atoms in total. The molecule has 0 aliphatic heterocycles. The van der Waals surface area contributed by atoms with E-state index < -0.39 is 0 Å². The van der Waals surface area contributed by atoms with Crippen molar-refractivity contribution in [1.29, 1.82) is 0 Å². The van der Waals surface area contributed by atoms with Crippen LogP contribution >= 0.6 is 0 Å². The Morgan fingerprint density at radius 3 is 2.62 bits per heavy atom. The van der Waals surface area contributed by atoms with Crippen LogP contribution in [-0.4, -0.2) is 4.98 Å². The molecule has 0 unspecified atom stereocenters. The quantitative estimate of drug-likeness (QED) is 0.652. The Labute approximate surface area is 104 Å². The molecule has 0 N–H and O–H groups in total. The van der Waals surface area contributed by atoms with E-state index in [9.17, 15) is 0 Å². The number of hydrogen-bond donors (Lipinski definition) is 0. The summed E-state index contributed by atoms with van der Waals surface area (Å²) in [5.41, 5.74) is 0. The van der Waals surface area contributed by atoms with Gasteiger partial charge in [-0.05, 0) is 0 Å². The summed E-state index contributed by atoms with van der Waals surface area (Å²) in [4.78, 5) is 4.00. The summed E-state index contributed by atoms with van der Waals surface area (Å²) in [6.45, 7) is 4.00. The zero-order chi connectivity index (χ0) is 8.81. The van der Waals surface area contributed by atoms with Crippen LogP contribution in [0.1, 0.15) is 13.8 Å². The van der Waals surface area contributed by atoms with Crippen molar-refractivity contribution in [3.63, 3.8) is 0 Å². The Kier molecular flexibility index (Phi) is 7.02. The van der Waals surface area contributed by atoms with Crippen molar-refractivity contribution in [3.05, 3.63) is 42.7 Å². The van der Waals surface area contributed by atoms with Crippen molar-refractivity contribution >= 4 is 10.8 Å². The van der Waals surface area contributed by atoms with E-state index in [0.717, 1.165) is 0 Å². The van der Waals surface area contributed by atoms with Crippen LogP contribution in [0.15, 0.2) is 36.7 Å². The topological polar surface area (TPSA) is 12.9 Å². The van der Waals surface area contributed by atoms with Crippen LogP contribution in [0.2, 0.25) is 0 Å². The van der Waals surface area contributed by atoms with Gasteiger partial charge in [-0.25, -0.2) is 0 Å². The molecule has 1 aromatic carbocycles. The van der Waals surface area contributed by atoms with E-state index in [1.807, 2.05) is 44.3 Å². The average molecular weight is 247 g/mol. The zero-order valence-corrected chi connectivity index (χ0v) is 10.8. The van der Waals surface area contributed by atoms with Crippen LogP contribution in [0.3, 0.4) is 0 Å². The van der Waals surface area contributed by atoms with E-state index in [4.69, 9.17) is 0 Å². The number of fused-ring (bicyclic) bond motifs is 1. The predicted molar refractivity (Wildman–Crippen MR) is 51.9 cm³/mol. The average Bonchev–Trinajstić information content (AvgIpc) is 2.21. The molecule has 0 aliphatic rings. The smallest absolute Gasteiger partial charge is 0.0151 e. The summed E-state index contributed by atoms with van der Waals surface area (Å²) in [5, 5.41) is 2.36. The van der Waals surface area contributed by atoms with Gasteiger partial charge in [0.05, 0.1) is 0 Å². The maximum Gasteiger partial charge on any atom is 0.0151 e. The van der Waals surface area contributed by atoms with Gasteiger partial charge < -0.3 is 0 Å². The molecule has 0 amide bonds. The number of hydrogen-bond acceptors (Lipinski definition) is 1. The Morgan fingerprint density at radius 1 is 1.15 bits per heavy atom. The summed E-state index contributed by atoms with van der Waals surface area (Å²) >= 11 is 0. The molecule has 0 aliphatic carbocycles. The Balaban J connectivity index is 0.000000451. The molecular weight excluding hydrogens is 235 g/mol. The van der Waals surface area contributed by atoms with Crippen molar-refractivity contribution < 1.29 is 32.7 Å². The molecule has 1 heterocycles. The number of rotatable bonds is 0. The summed E-state index contributed by atoms with van der Waals surface area (Å²) < 4.78 is 0. The molecule has 0 atom stereocenters. The van der Waals surface area contributed by atoms with E-state index in [-0.39, 0.29) is 32.7 Å². The Hall–Kier alpha value is -0.266. The summed E-state index contributed by atoms with van der Waals surface area (Å²) in [6.07, 6.45) is 3.64. The van der Waals surface area contributed by atoms with E-state index in [1.165, 1.54) is 10.8 Å². The van der Waals surface area contributed by atoms with Gasteiger partial charge >= 0.3 is 0 Å². The largest absolute Gasteiger partial charge is 0.267 e. The second-order valence-corrected chi connectivity index (χ2v) is 2.15. The molecule has 0 saturated carbocycles. The van der Waals surface area contributed by atoms with Gasteiger partial charge in [0.25, 0.3) is 0 Å². The zero-order valence-electron chi connectivity index (χ0n) is 7.99. The molecule has 13 heavy (non-hydrogen) atoms. The number of benzene rings is 1. The monoisotopic (exact) mass is 247 g/mol. The van der Waals surface area contributed by atoms with Crippen molar-refractivity contribution in [2.24, 2.45) is 0 Å². The van der Waals surface area contributed by atoms with E-state index in [0.29, 0.717) is 0 Å². The van der Waals surface area contributed by atoms with Crippen LogP contribution in [0, 0.1) is 6.07 Å². The first-order chi connectivity index (χ1) is 5.97. The predicted octanol–water partition coefficient (Wildman–Crippen LogP) is 3.06. The van der Waals surface area contributed by atoms with Gasteiger partial charge in [0.15, 0.2) is 0 Å². The molecular formula is C11H12NY-. The number of nitrogens with zero attached hydrogens (tertiary/aromatic N) is 1. The molecule has 0 fully saturated rings. The summed E-state index contributed by atoms with van der Waals surface area (Å²) in [6, 6.07) is 10.8. The van der Waals surface area contributed by atoms with Crippen molar-refractivity contribution in [2.45, 2.75) is 13.8 Å². The molecule has 2 aromatic rings. The molecule has 2 rings (SSSR count). The van der Waals surface area contributed by atoms with Crippen LogP contribution in [-0.2, 0) is 32.7 Å². The molecule has 0 spiro atoms. The van der Waals surface area contributed by atoms with Crippen molar-refractivity contribution in [2.75, 3.05) is 0 Å². The number of aromatic nitrogens is 1. The summed E-state index contributed by atoms with van der Waals surface area (Å²) in [5.74, 6) is 0. The first-order valence-corrected chi connectivity index (χ1v) is 4.17. The minimum absolute atomic E-state index is 0. The fraction of sp³-hybridized carbons (Fsp3) is 0.182. The van der Waals surface area contributed by atoms with E-state index >= 15 is 0 Å². The van der Waals surface area contributed by atoms with Crippen LogP contribution in [0.4, 0.5) is 0 Å². The fourth-order valence-corrected chi connectivity index (χ4v) is 0.964. The van der Waals surface area contributed by atoms with Crippen molar-refractivity contribution in [3.8, 4) is 0 Å². The third-order valence-corrected chi connectivity index (χ3v) is 1.49. The van der Waals surface area contributed by atoms with Gasteiger partial charge in [-0.1, -0.05) is 19.9 Å². The first-order valence-electron chi connectivity index (χ1n) is 4.17. The van der Waals surface area contributed by atoms with Gasteiger partial charge in [-0.3, -0.25) is 4.98 Å². The molecule has 0 saturated heterocycles. The molecule has 1 radical (unpaired) electrons. The maximum atomic E-state index is 4.00. The molecule has 65 valence electrons. The minimum atomic E-state index is 0. The molecule has 1 aromatic heterocycles. The van der Waals surface area contributed by atoms with Crippen LogP contribution < -0.4 is 0 Å². The second-order valence-electron chi connectivity index (χ2n) is 2.15. The minimum Gasteiger partial charge on any atom is -0.267 e. The van der Waals surface area contributed by atoms with Gasteiger partial charge in [-0.15, -0.1) is 10.8 Å². The molecule has 2 heteroatoms. The van der Waals surface area contributed by atoms with Gasteiger partial charge in [0.1, 0.15) is 0 Å². The van der Waals surface area contributed by atoms with Crippen LogP contribution in [0.25, 0.3) is 10.8 Å². The van der Waals surface area contributed by atoms with Gasteiger partial charge in [0.2, 0.25) is 0 Å². The number of pyridine rings is 1. The normalized spacial score (nSPS) is 8.15. The summed E-state index contributed by atoms with van der Waals surface area (Å²) in [7, 11) is 0. The van der Waals surface area contributed by atoms with Crippen LogP contribution in [0.5, 0.6) is 0 Å². The fourth-order valence-electron chi connectivity index (χ4n) is 0.964. The Morgan fingerprint density at radius 2 is 1.92 bits per heavy atom. The van der Waals surface area contributed by atoms with Crippen molar-refractivity contribution in [1.82, 2.24) is 4.98 Å². The second kappa shape index (κ2) is 7.17. The third-order valence-electron chi connectivity index (χ3n) is 1.49. The van der Waals surface area contributed by atoms with Gasteiger partial charge in [-0.2, -0.15) is 24.3 Å². The Bertz CT molecular complexity index is 281. The van der Waals surface area contributed by atoms with E-state index in [1.54, 1.807) is 6.20 Å². The standard InChI is InChI=1S/C9H6N.C2H6.Y/c1-2-4-9-7-10-6-5-8(9)3-1;1-2;/h2-7H;1-2H3;/q-1;;.